The van der Waals surface area contributed by atoms with Crippen LogP contribution in [0.2, 0.25) is 0 Å². The maximum Gasteiger partial charge on any atom is 0.257 e. The van der Waals surface area contributed by atoms with Gasteiger partial charge in [0.05, 0.1) is 16.6 Å². The molecular formula is C17H18N4O. The monoisotopic (exact) mass is 294 g/mol. The molecule has 0 radical (unpaired) electrons. The SMILES string of the molecule is CCCCN1Cc2cc(=O)n3c([nH]c4ccccc43)c2C1=N. The molecule has 0 spiro atoms. The van der Waals surface area contributed by atoms with Crippen LogP contribution in [0.5, 0.6) is 0 Å². The molecule has 0 fully saturated rings. The number of unbranched alkanes of at least 4 members (excludes halogenated alkanes) is 1. The van der Waals surface area contributed by atoms with Gasteiger partial charge >= 0.3 is 0 Å². The Balaban J connectivity index is 1.97. The summed E-state index contributed by atoms with van der Waals surface area (Å²) in [5, 5.41) is 8.48. The zero-order valence-electron chi connectivity index (χ0n) is 12.5. The number of para-hydroxylation sites is 2. The molecule has 22 heavy (non-hydrogen) atoms. The van der Waals surface area contributed by atoms with Gasteiger partial charge < -0.3 is 9.88 Å². The maximum atomic E-state index is 12.5. The van der Waals surface area contributed by atoms with Gasteiger partial charge in [-0.1, -0.05) is 25.5 Å². The topological polar surface area (TPSA) is 64.4 Å². The Labute approximate surface area is 127 Å². The highest BCUT2D eigenvalue weighted by Crippen LogP contribution is 2.27. The first-order valence-corrected chi connectivity index (χ1v) is 7.70. The van der Waals surface area contributed by atoms with Crippen molar-refractivity contribution in [2.24, 2.45) is 0 Å². The van der Waals surface area contributed by atoms with Gasteiger partial charge in [0.25, 0.3) is 5.56 Å². The van der Waals surface area contributed by atoms with E-state index in [4.69, 9.17) is 5.41 Å². The number of amidine groups is 1. The minimum absolute atomic E-state index is 0.0312. The maximum absolute atomic E-state index is 12.5. The summed E-state index contributed by atoms with van der Waals surface area (Å²) >= 11 is 0. The first kappa shape index (κ1) is 13.1. The van der Waals surface area contributed by atoms with Crippen LogP contribution in [-0.4, -0.2) is 26.7 Å². The lowest BCUT2D eigenvalue weighted by molar-refractivity contribution is 0.416. The van der Waals surface area contributed by atoms with E-state index in [2.05, 4.69) is 16.8 Å². The highest BCUT2D eigenvalue weighted by molar-refractivity contribution is 6.06. The lowest BCUT2D eigenvalue weighted by atomic mass is 10.1. The van der Waals surface area contributed by atoms with Crippen LogP contribution in [0.25, 0.3) is 16.7 Å². The van der Waals surface area contributed by atoms with E-state index in [1.165, 1.54) is 0 Å². The summed E-state index contributed by atoms with van der Waals surface area (Å²) in [7, 11) is 0. The smallest absolute Gasteiger partial charge is 0.257 e. The second-order valence-electron chi connectivity index (χ2n) is 5.83. The van der Waals surface area contributed by atoms with Crippen molar-refractivity contribution in [2.75, 3.05) is 6.54 Å². The van der Waals surface area contributed by atoms with Crippen LogP contribution in [0.1, 0.15) is 30.9 Å². The second-order valence-corrected chi connectivity index (χ2v) is 5.83. The van der Waals surface area contributed by atoms with E-state index in [0.717, 1.165) is 47.2 Å². The number of benzene rings is 1. The number of H-pyrrole nitrogens is 1. The molecule has 1 aromatic carbocycles. The molecule has 1 aliphatic rings. The molecule has 0 amide bonds. The fraction of sp³-hybridized carbons (Fsp3) is 0.294. The van der Waals surface area contributed by atoms with Gasteiger partial charge in [-0.3, -0.25) is 14.6 Å². The number of aromatic nitrogens is 2. The van der Waals surface area contributed by atoms with Crippen molar-refractivity contribution < 1.29 is 0 Å². The first-order valence-electron chi connectivity index (χ1n) is 7.70. The third kappa shape index (κ3) is 1.71. The summed E-state index contributed by atoms with van der Waals surface area (Å²) in [6, 6.07) is 9.45. The largest absolute Gasteiger partial charge is 0.352 e. The van der Waals surface area contributed by atoms with E-state index in [-0.39, 0.29) is 5.56 Å². The van der Waals surface area contributed by atoms with Gasteiger partial charge in [0, 0.05) is 19.2 Å². The number of rotatable bonds is 3. The second kappa shape index (κ2) is 4.73. The Hall–Kier alpha value is -2.56. The van der Waals surface area contributed by atoms with Crippen molar-refractivity contribution in [1.29, 1.82) is 5.41 Å². The Morgan fingerprint density at radius 2 is 2.14 bits per heavy atom. The van der Waals surface area contributed by atoms with E-state index in [9.17, 15) is 4.79 Å². The lowest BCUT2D eigenvalue weighted by Gasteiger charge is -2.16. The molecule has 3 aromatic rings. The molecule has 2 aromatic heterocycles. The molecule has 0 bridgehead atoms. The van der Waals surface area contributed by atoms with Crippen LogP contribution in [0.4, 0.5) is 0 Å². The molecule has 2 N–H and O–H groups in total. The number of aromatic amines is 1. The zero-order valence-corrected chi connectivity index (χ0v) is 12.5. The standard InChI is InChI=1S/C17H18N4O/c1-2-3-8-20-10-11-9-14(22)21-13-7-5-4-6-12(13)19-17(21)15(11)16(20)18/h4-7,9,18-19H,2-3,8,10H2,1H3. The predicted molar refractivity (Wildman–Crippen MR) is 87.7 cm³/mol. The van der Waals surface area contributed by atoms with Gasteiger partial charge in [0.1, 0.15) is 11.5 Å². The molecular weight excluding hydrogens is 276 g/mol. The highest BCUT2D eigenvalue weighted by atomic mass is 16.1. The van der Waals surface area contributed by atoms with Crippen LogP contribution in [-0.2, 0) is 6.54 Å². The first-order chi connectivity index (χ1) is 10.7. The normalized spacial score (nSPS) is 14.2. The van der Waals surface area contributed by atoms with Crippen molar-refractivity contribution in [1.82, 2.24) is 14.3 Å². The molecule has 5 nitrogen and oxygen atoms in total. The molecule has 1 aliphatic heterocycles. The van der Waals surface area contributed by atoms with Crippen molar-refractivity contribution in [3.05, 3.63) is 51.8 Å². The minimum Gasteiger partial charge on any atom is -0.352 e. The van der Waals surface area contributed by atoms with Crippen LogP contribution < -0.4 is 5.56 Å². The number of imidazole rings is 1. The number of pyridine rings is 1. The predicted octanol–water partition coefficient (Wildman–Crippen LogP) is 2.72. The van der Waals surface area contributed by atoms with E-state index in [1.54, 1.807) is 10.5 Å². The van der Waals surface area contributed by atoms with Gasteiger partial charge in [0.2, 0.25) is 0 Å². The zero-order chi connectivity index (χ0) is 15.3. The quantitative estimate of drug-likeness (QED) is 0.780. The summed E-state index contributed by atoms with van der Waals surface area (Å²) in [4.78, 5) is 17.9. The van der Waals surface area contributed by atoms with Gasteiger partial charge in [-0.2, -0.15) is 0 Å². The molecule has 4 rings (SSSR count). The Bertz CT molecular complexity index is 950. The van der Waals surface area contributed by atoms with Gasteiger partial charge in [0.15, 0.2) is 0 Å². The number of nitrogens with one attached hydrogen (secondary N) is 2. The van der Waals surface area contributed by atoms with Crippen LogP contribution in [0.15, 0.2) is 35.1 Å². The van der Waals surface area contributed by atoms with Crippen LogP contribution >= 0.6 is 0 Å². The third-order valence-electron chi connectivity index (χ3n) is 4.39. The summed E-state index contributed by atoms with van der Waals surface area (Å²) in [5.41, 5.74) is 4.33. The summed E-state index contributed by atoms with van der Waals surface area (Å²) < 4.78 is 1.69. The average molecular weight is 294 g/mol. The van der Waals surface area contributed by atoms with Crippen LogP contribution in [0.3, 0.4) is 0 Å². The molecule has 3 heterocycles. The van der Waals surface area contributed by atoms with Gasteiger partial charge in [-0.15, -0.1) is 0 Å². The van der Waals surface area contributed by atoms with Crippen molar-refractivity contribution in [2.45, 2.75) is 26.3 Å². The number of hydrogen-bond acceptors (Lipinski definition) is 2. The highest BCUT2D eigenvalue weighted by Gasteiger charge is 2.28. The molecule has 5 heteroatoms. The number of fused-ring (bicyclic) bond motifs is 5. The van der Waals surface area contributed by atoms with Crippen molar-refractivity contribution >= 4 is 22.5 Å². The van der Waals surface area contributed by atoms with Crippen molar-refractivity contribution in [3.8, 4) is 0 Å². The molecule has 112 valence electrons. The number of hydrogen-bond donors (Lipinski definition) is 2. The molecule has 0 saturated carbocycles. The van der Waals surface area contributed by atoms with Gasteiger partial charge in [-0.05, 0) is 24.1 Å². The van der Waals surface area contributed by atoms with Gasteiger partial charge in [-0.25, -0.2) is 0 Å². The summed E-state index contributed by atoms with van der Waals surface area (Å²) in [6.07, 6.45) is 2.16. The number of nitrogens with zero attached hydrogens (tertiary/aromatic N) is 2. The lowest BCUT2D eigenvalue weighted by Crippen LogP contribution is -2.25. The third-order valence-corrected chi connectivity index (χ3v) is 4.39. The summed E-state index contributed by atoms with van der Waals surface area (Å²) in [5.74, 6) is 0.521. The fourth-order valence-electron chi connectivity index (χ4n) is 3.29. The van der Waals surface area contributed by atoms with Crippen LogP contribution in [0, 0.1) is 5.41 Å². The van der Waals surface area contributed by atoms with Crippen molar-refractivity contribution in [3.63, 3.8) is 0 Å². The summed E-state index contributed by atoms with van der Waals surface area (Å²) in [6.45, 7) is 3.67. The Morgan fingerprint density at radius 3 is 2.95 bits per heavy atom. The molecule has 0 aliphatic carbocycles. The Kier molecular flexibility index (Phi) is 2.82. The average Bonchev–Trinajstić information content (AvgIpc) is 3.03. The van der Waals surface area contributed by atoms with E-state index >= 15 is 0 Å². The van der Waals surface area contributed by atoms with E-state index in [0.29, 0.717) is 12.4 Å². The van der Waals surface area contributed by atoms with E-state index < -0.39 is 0 Å². The molecule has 0 unspecified atom stereocenters. The molecule has 0 atom stereocenters. The van der Waals surface area contributed by atoms with E-state index in [1.807, 2.05) is 24.3 Å². The minimum atomic E-state index is -0.0312. The molecule has 0 saturated heterocycles. The fourth-order valence-corrected chi connectivity index (χ4v) is 3.29. The Morgan fingerprint density at radius 1 is 1.32 bits per heavy atom.